The summed E-state index contributed by atoms with van der Waals surface area (Å²) in [5, 5.41) is 0.619. The highest BCUT2D eigenvalue weighted by molar-refractivity contribution is 6.30. The summed E-state index contributed by atoms with van der Waals surface area (Å²) in [5.74, 6) is 1.66. The number of nitrogens with zero attached hydrogens (tertiary/aromatic N) is 1. The molecule has 0 aromatic heterocycles. The average molecular weight is 480 g/mol. The molecule has 1 aliphatic carbocycles. The largest absolute Gasteiger partial charge is 0.497 e. The van der Waals surface area contributed by atoms with E-state index < -0.39 is 6.04 Å². The molecule has 3 aliphatic rings. The van der Waals surface area contributed by atoms with Crippen LogP contribution in [-0.4, -0.2) is 36.3 Å². The molecule has 1 amide bonds. The lowest BCUT2D eigenvalue weighted by Crippen LogP contribution is -2.43. The van der Waals surface area contributed by atoms with E-state index in [0.29, 0.717) is 35.4 Å². The number of fused-ring (bicyclic) bond motifs is 1. The average Bonchev–Trinajstić information content (AvgIpc) is 3.11. The fraction of sp³-hybridized carbons (Fsp3) is 0.429. The number of ketones is 1. The first kappa shape index (κ1) is 23.0. The van der Waals surface area contributed by atoms with Crippen molar-refractivity contribution in [1.82, 2.24) is 4.90 Å². The van der Waals surface area contributed by atoms with E-state index in [1.54, 1.807) is 12.0 Å². The van der Waals surface area contributed by atoms with Crippen LogP contribution in [0.4, 0.5) is 0 Å². The lowest BCUT2D eigenvalue weighted by molar-refractivity contribution is -0.137. The van der Waals surface area contributed by atoms with Gasteiger partial charge in [-0.3, -0.25) is 9.59 Å². The number of carbonyl (C=O) groups excluding carboxylic acids is 2. The second kappa shape index (κ2) is 9.10. The molecule has 0 bridgehead atoms. The van der Waals surface area contributed by atoms with Gasteiger partial charge >= 0.3 is 0 Å². The SMILES string of the molecule is COc1ccc(CCN2C(=O)C3=C(C(=O)C4CC(C)C(C)CC4O3)C2c2ccc(Cl)cc2)cc1. The number of methoxy groups -OCH3 is 1. The zero-order chi connectivity index (χ0) is 24.0. The summed E-state index contributed by atoms with van der Waals surface area (Å²) in [6, 6.07) is 14.8. The monoisotopic (exact) mass is 479 g/mol. The van der Waals surface area contributed by atoms with Crippen molar-refractivity contribution >= 4 is 23.3 Å². The van der Waals surface area contributed by atoms with E-state index in [0.717, 1.165) is 29.7 Å². The van der Waals surface area contributed by atoms with E-state index in [-0.39, 0.29) is 29.5 Å². The number of hydrogen-bond acceptors (Lipinski definition) is 4. The van der Waals surface area contributed by atoms with Gasteiger partial charge in [0, 0.05) is 11.6 Å². The van der Waals surface area contributed by atoms with Gasteiger partial charge in [0.25, 0.3) is 5.91 Å². The van der Waals surface area contributed by atoms with Crippen molar-refractivity contribution in [3.05, 3.63) is 76.0 Å². The smallest absolute Gasteiger partial charge is 0.290 e. The summed E-state index contributed by atoms with van der Waals surface area (Å²) in [6.45, 7) is 4.88. The van der Waals surface area contributed by atoms with E-state index in [2.05, 4.69) is 13.8 Å². The standard InChI is InChI=1S/C28H30ClNO4/c1-16-14-22-23(15-17(16)2)34-27-24(26(22)31)25(19-6-8-20(29)9-7-19)30(28(27)32)13-12-18-4-10-21(33-3)11-5-18/h4-11,16-17,22-23,25H,12-15H2,1-3H3. The topological polar surface area (TPSA) is 55.8 Å². The van der Waals surface area contributed by atoms with Crippen LogP contribution >= 0.6 is 11.6 Å². The predicted octanol–water partition coefficient (Wildman–Crippen LogP) is 5.38. The minimum absolute atomic E-state index is 0.0743. The van der Waals surface area contributed by atoms with Crippen LogP contribution in [0.5, 0.6) is 5.75 Å². The van der Waals surface area contributed by atoms with Crippen LogP contribution in [0.2, 0.25) is 5.02 Å². The number of halogens is 1. The van der Waals surface area contributed by atoms with Gasteiger partial charge in [-0.2, -0.15) is 0 Å². The minimum atomic E-state index is -0.457. The number of hydrogen-bond donors (Lipinski definition) is 0. The fourth-order valence-electron chi connectivity index (χ4n) is 5.57. The first-order valence-electron chi connectivity index (χ1n) is 12.0. The number of benzene rings is 2. The quantitative estimate of drug-likeness (QED) is 0.577. The maximum Gasteiger partial charge on any atom is 0.290 e. The Balaban J connectivity index is 1.48. The van der Waals surface area contributed by atoms with Crippen molar-refractivity contribution in [2.24, 2.45) is 17.8 Å². The molecule has 2 aliphatic heterocycles. The van der Waals surface area contributed by atoms with Crippen molar-refractivity contribution in [2.75, 3.05) is 13.7 Å². The third kappa shape index (κ3) is 4.00. The maximum atomic E-state index is 13.8. The zero-order valence-electron chi connectivity index (χ0n) is 19.8. The van der Waals surface area contributed by atoms with E-state index in [4.69, 9.17) is 21.1 Å². The Morgan fingerprint density at radius 2 is 1.68 bits per heavy atom. The van der Waals surface area contributed by atoms with Gasteiger partial charge in [0.1, 0.15) is 11.9 Å². The van der Waals surface area contributed by atoms with E-state index in [1.807, 2.05) is 48.5 Å². The molecule has 0 N–H and O–H groups in total. The Kier molecular flexibility index (Phi) is 6.15. The fourth-order valence-corrected chi connectivity index (χ4v) is 5.70. The summed E-state index contributed by atoms with van der Waals surface area (Å²) in [6.07, 6.45) is 2.05. The van der Waals surface area contributed by atoms with Gasteiger partial charge in [-0.05, 0) is 66.5 Å². The van der Waals surface area contributed by atoms with Crippen LogP contribution in [0.1, 0.15) is 43.9 Å². The molecule has 0 saturated heterocycles. The van der Waals surface area contributed by atoms with Crippen LogP contribution in [0, 0.1) is 17.8 Å². The highest BCUT2D eigenvalue weighted by Crippen LogP contribution is 2.48. The molecule has 0 radical (unpaired) electrons. The van der Waals surface area contributed by atoms with Gasteiger partial charge in [0.05, 0.1) is 24.6 Å². The molecule has 5 unspecified atom stereocenters. The van der Waals surface area contributed by atoms with Gasteiger partial charge < -0.3 is 14.4 Å². The molecule has 2 aromatic carbocycles. The summed E-state index contributed by atoms with van der Waals surface area (Å²) in [5.41, 5.74) is 2.49. The molecule has 178 valence electrons. The predicted molar refractivity (Wildman–Crippen MR) is 131 cm³/mol. The summed E-state index contributed by atoms with van der Waals surface area (Å²) in [4.78, 5) is 29.2. The number of amides is 1. The molecular formula is C28H30ClNO4. The molecule has 0 spiro atoms. The van der Waals surface area contributed by atoms with Crippen LogP contribution in [0.15, 0.2) is 59.9 Å². The second-order valence-corrected chi connectivity index (χ2v) is 10.3. The Hall–Kier alpha value is -2.79. The molecule has 6 heteroatoms. The first-order valence-corrected chi connectivity index (χ1v) is 12.4. The van der Waals surface area contributed by atoms with E-state index >= 15 is 0 Å². The molecule has 1 fully saturated rings. The molecule has 34 heavy (non-hydrogen) atoms. The molecule has 5 rings (SSSR count). The van der Waals surface area contributed by atoms with Crippen molar-refractivity contribution in [3.8, 4) is 5.75 Å². The van der Waals surface area contributed by atoms with Gasteiger partial charge in [0.15, 0.2) is 11.5 Å². The molecule has 1 saturated carbocycles. The highest BCUT2D eigenvalue weighted by Gasteiger charge is 2.53. The number of carbonyl (C=O) groups is 2. The van der Waals surface area contributed by atoms with E-state index in [9.17, 15) is 9.59 Å². The van der Waals surface area contributed by atoms with Crippen LogP contribution in [0.3, 0.4) is 0 Å². The Bertz CT molecular complexity index is 1120. The first-order chi connectivity index (χ1) is 16.4. The zero-order valence-corrected chi connectivity index (χ0v) is 20.5. The number of Topliss-reactive ketones (excluding diaryl/α,β-unsaturated/α-hetero) is 1. The van der Waals surface area contributed by atoms with Crippen molar-refractivity contribution < 1.29 is 19.1 Å². The van der Waals surface area contributed by atoms with Gasteiger partial charge in [-0.15, -0.1) is 0 Å². The Morgan fingerprint density at radius 3 is 2.35 bits per heavy atom. The van der Waals surface area contributed by atoms with Gasteiger partial charge in [-0.25, -0.2) is 0 Å². The number of ether oxygens (including phenoxy) is 2. The third-order valence-electron chi connectivity index (χ3n) is 7.79. The second-order valence-electron chi connectivity index (χ2n) is 9.85. The summed E-state index contributed by atoms with van der Waals surface area (Å²) < 4.78 is 11.6. The van der Waals surface area contributed by atoms with Crippen LogP contribution < -0.4 is 4.74 Å². The normalized spacial score (nSPS) is 28.5. The summed E-state index contributed by atoms with van der Waals surface area (Å²) >= 11 is 6.14. The maximum absolute atomic E-state index is 13.8. The van der Waals surface area contributed by atoms with Crippen molar-refractivity contribution in [2.45, 2.75) is 45.3 Å². The Labute approximate surface area is 205 Å². The molecule has 5 atom stereocenters. The van der Waals surface area contributed by atoms with Crippen molar-refractivity contribution in [1.29, 1.82) is 0 Å². The lowest BCUT2D eigenvalue weighted by atomic mass is 9.70. The van der Waals surface area contributed by atoms with E-state index in [1.165, 1.54) is 0 Å². The summed E-state index contributed by atoms with van der Waals surface area (Å²) in [7, 11) is 1.64. The molecule has 2 aromatic rings. The van der Waals surface area contributed by atoms with Crippen LogP contribution in [0.25, 0.3) is 0 Å². The highest BCUT2D eigenvalue weighted by atomic mass is 35.5. The molecule has 5 nitrogen and oxygen atoms in total. The third-order valence-corrected chi connectivity index (χ3v) is 8.04. The van der Waals surface area contributed by atoms with Crippen molar-refractivity contribution in [3.63, 3.8) is 0 Å². The lowest BCUT2D eigenvalue weighted by Gasteiger charge is -2.40. The minimum Gasteiger partial charge on any atom is -0.497 e. The number of rotatable bonds is 5. The van der Waals surface area contributed by atoms with Crippen LogP contribution in [-0.2, 0) is 20.7 Å². The Morgan fingerprint density at radius 1 is 1.00 bits per heavy atom. The molecule has 2 heterocycles. The molecular weight excluding hydrogens is 450 g/mol. The van der Waals surface area contributed by atoms with Gasteiger partial charge in [-0.1, -0.05) is 49.7 Å². The van der Waals surface area contributed by atoms with Gasteiger partial charge in [0.2, 0.25) is 0 Å².